The molecule has 0 spiro atoms. The van der Waals surface area contributed by atoms with E-state index in [0.717, 1.165) is 36.1 Å². The standard InChI is InChI=1S/C15H22N2O2S/c1-2-5-11-13(14(18)19)20-15(16-11)17-9-8-10-6-3-4-7-12(10)17/h10,12H,2-9H2,1H3,(H,18,19). The van der Waals surface area contributed by atoms with Crippen molar-refractivity contribution in [2.24, 2.45) is 5.92 Å². The number of nitrogens with zero attached hydrogens (tertiary/aromatic N) is 2. The molecular formula is C15H22N2O2S. The lowest BCUT2D eigenvalue weighted by atomic mass is 9.85. The van der Waals surface area contributed by atoms with Gasteiger partial charge >= 0.3 is 5.97 Å². The molecule has 1 saturated heterocycles. The molecule has 0 radical (unpaired) electrons. The molecule has 1 saturated carbocycles. The number of carboxylic acids is 1. The van der Waals surface area contributed by atoms with Crippen LogP contribution in [0.2, 0.25) is 0 Å². The van der Waals surface area contributed by atoms with Crippen LogP contribution in [0.3, 0.4) is 0 Å². The van der Waals surface area contributed by atoms with Crippen molar-refractivity contribution < 1.29 is 9.90 Å². The number of thiazole rings is 1. The van der Waals surface area contributed by atoms with Crippen molar-refractivity contribution in [1.29, 1.82) is 0 Å². The van der Waals surface area contributed by atoms with Crippen molar-refractivity contribution in [2.75, 3.05) is 11.4 Å². The maximum Gasteiger partial charge on any atom is 0.347 e. The molecular weight excluding hydrogens is 272 g/mol. The van der Waals surface area contributed by atoms with Gasteiger partial charge in [-0.3, -0.25) is 0 Å². The van der Waals surface area contributed by atoms with Gasteiger partial charge in [0.25, 0.3) is 0 Å². The normalized spacial score (nSPS) is 25.8. The van der Waals surface area contributed by atoms with Crippen LogP contribution in [0.25, 0.3) is 0 Å². The number of carboxylic acid groups (broad SMARTS) is 1. The van der Waals surface area contributed by atoms with Crippen LogP contribution in [-0.4, -0.2) is 28.6 Å². The van der Waals surface area contributed by atoms with Crippen LogP contribution in [0, 0.1) is 5.92 Å². The number of fused-ring (bicyclic) bond motifs is 1. The fourth-order valence-electron chi connectivity index (χ4n) is 3.68. The lowest BCUT2D eigenvalue weighted by molar-refractivity contribution is 0.0700. The van der Waals surface area contributed by atoms with Crippen LogP contribution in [-0.2, 0) is 6.42 Å². The molecule has 0 bridgehead atoms. The van der Waals surface area contributed by atoms with Crippen molar-refractivity contribution in [3.05, 3.63) is 10.6 Å². The van der Waals surface area contributed by atoms with E-state index in [2.05, 4.69) is 16.8 Å². The van der Waals surface area contributed by atoms with Crippen LogP contribution in [0.5, 0.6) is 0 Å². The Morgan fingerprint density at radius 1 is 1.40 bits per heavy atom. The number of aromatic nitrogens is 1. The zero-order valence-electron chi connectivity index (χ0n) is 12.0. The fourth-order valence-corrected chi connectivity index (χ4v) is 4.71. The fraction of sp³-hybridized carbons (Fsp3) is 0.733. The second-order valence-corrected chi connectivity index (χ2v) is 6.90. The summed E-state index contributed by atoms with van der Waals surface area (Å²) in [6, 6.07) is 0.603. The van der Waals surface area contributed by atoms with Gasteiger partial charge in [-0.2, -0.15) is 0 Å². The Kier molecular flexibility index (Phi) is 3.96. The lowest BCUT2D eigenvalue weighted by Crippen LogP contribution is -2.34. The van der Waals surface area contributed by atoms with Gasteiger partial charge in [-0.05, 0) is 31.6 Å². The van der Waals surface area contributed by atoms with E-state index in [1.807, 2.05) is 0 Å². The van der Waals surface area contributed by atoms with E-state index in [-0.39, 0.29) is 0 Å². The van der Waals surface area contributed by atoms with E-state index >= 15 is 0 Å². The molecule has 2 heterocycles. The highest BCUT2D eigenvalue weighted by Crippen LogP contribution is 2.40. The molecule has 2 fully saturated rings. The molecule has 2 unspecified atom stereocenters. The number of aryl methyl sites for hydroxylation is 1. The van der Waals surface area contributed by atoms with Gasteiger partial charge in [0.15, 0.2) is 5.13 Å². The maximum atomic E-state index is 11.4. The minimum Gasteiger partial charge on any atom is -0.477 e. The van der Waals surface area contributed by atoms with Crippen molar-refractivity contribution in [3.8, 4) is 0 Å². The van der Waals surface area contributed by atoms with Gasteiger partial charge in [-0.1, -0.05) is 37.5 Å². The predicted octanol–water partition coefficient (Wildman–Crippen LogP) is 3.56. The summed E-state index contributed by atoms with van der Waals surface area (Å²) in [7, 11) is 0. The predicted molar refractivity (Wildman–Crippen MR) is 80.8 cm³/mol. The van der Waals surface area contributed by atoms with Crippen molar-refractivity contribution in [1.82, 2.24) is 4.98 Å². The van der Waals surface area contributed by atoms with Gasteiger partial charge in [-0.15, -0.1) is 0 Å². The molecule has 110 valence electrons. The SMILES string of the molecule is CCCc1nc(N2CCC3CCCCC32)sc1C(=O)O. The van der Waals surface area contributed by atoms with Gasteiger partial charge in [-0.25, -0.2) is 9.78 Å². The molecule has 1 N–H and O–H groups in total. The Bertz CT molecular complexity index is 500. The molecule has 1 aliphatic heterocycles. The second kappa shape index (κ2) is 5.72. The number of hydrogen-bond acceptors (Lipinski definition) is 4. The molecule has 2 aliphatic rings. The first kappa shape index (κ1) is 13.9. The molecule has 5 heteroatoms. The second-order valence-electron chi connectivity index (χ2n) is 5.92. The van der Waals surface area contributed by atoms with E-state index < -0.39 is 5.97 Å². The van der Waals surface area contributed by atoms with Crippen molar-refractivity contribution in [2.45, 2.75) is 57.9 Å². The zero-order valence-corrected chi connectivity index (χ0v) is 12.8. The van der Waals surface area contributed by atoms with E-state index in [1.54, 1.807) is 0 Å². The third-order valence-corrected chi connectivity index (χ3v) is 5.75. The third-order valence-electron chi connectivity index (χ3n) is 4.62. The molecule has 4 nitrogen and oxygen atoms in total. The van der Waals surface area contributed by atoms with Gasteiger partial charge in [0.1, 0.15) is 4.88 Å². The monoisotopic (exact) mass is 294 g/mol. The zero-order chi connectivity index (χ0) is 14.1. The molecule has 1 aliphatic carbocycles. The largest absolute Gasteiger partial charge is 0.477 e. The smallest absolute Gasteiger partial charge is 0.347 e. The Morgan fingerprint density at radius 2 is 2.20 bits per heavy atom. The summed E-state index contributed by atoms with van der Waals surface area (Å²) < 4.78 is 0. The van der Waals surface area contributed by atoms with E-state index in [9.17, 15) is 9.90 Å². The van der Waals surface area contributed by atoms with E-state index in [0.29, 0.717) is 10.9 Å². The Hall–Kier alpha value is -1.10. The maximum absolute atomic E-state index is 11.4. The lowest BCUT2D eigenvalue weighted by Gasteiger charge is -2.31. The third kappa shape index (κ3) is 2.43. The van der Waals surface area contributed by atoms with Gasteiger partial charge in [0.05, 0.1) is 5.69 Å². The number of anilines is 1. The van der Waals surface area contributed by atoms with Gasteiger partial charge in [0, 0.05) is 12.6 Å². The summed E-state index contributed by atoms with van der Waals surface area (Å²) in [5.41, 5.74) is 0.777. The quantitative estimate of drug-likeness (QED) is 0.922. The first-order valence-electron chi connectivity index (χ1n) is 7.70. The van der Waals surface area contributed by atoms with Gasteiger partial charge < -0.3 is 10.0 Å². The highest BCUT2D eigenvalue weighted by atomic mass is 32.1. The summed E-state index contributed by atoms with van der Waals surface area (Å²) in [5.74, 6) is -0.0212. The van der Waals surface area contributed by atoms with Crippen LogP contribution in [0.15, 0.2) is 0 Å². The van der Waals surface area contributed by atoms with Crippen molar-refractivity contribution >= 4 is 22.4 Å². The Morgan fingerprint density at radius 3 is 2.95 bits per heavy atom. The summed E-state index contributed by atoms with van der Waals surface area (Å²) >= 11 is 1.38. The molecule has 20 heavy (non-hydrogen) atoms. The van der Waals surface area contributed by atoms with Crippen molar-refractivity contribution in [3.63, 3.8) is 0 Å². The summed E-state index contributed by atoms with van der Waals surface area (Å²) in [6.07, 6.45) is 8.19. The average Bonchev–Trinajstić information content (AvgIpc) is 3.02. The topological polar surface area (TPSA) is 53.4 Å². The minimum atomic E-state index is -0.823. The average molecular weight is 294 g/mol. The van der Waals surface area contributed by atoms with Crippen LogP contribution in [0.1, 0.15) is 60.8 Å². The van der Waals surface area contributed by atoms with Crippen LogP contribution in [0.4, 0.5) is 5.13 Å². The van der Waals surface area contributed by atoms with Gasteiger partial charge in [0.2, 0.25) is 0 Å². The number of hydrogen-bond donors (Lipinski definition) is 1. The number of carbonyl (C=O) groups is 1. The Balaban J connectivity index is 1.86. The molecule has 0 amide bonds. The van der Waals surface area contributed by atoms with Crippen LogP contribution < -0.4 is 4.90 Å². The number of aromatic carboxylic acids is 1. The first-order chi connectivity index (χ1) is 9.70. The van der Waals surface area contributed by atoms with Crippen LogP contribution >= 0.6 is 11.3 Å². The molecule has 1 aromatic heterocycles. The number of rotatable bonds is 4. The molecule has 0 aromatic carbocycles. The molecule has 1 aromatic rings. The molecule has 3 rings (SSSR count). The summed E-state index contributed by atoms with van der Waals surface area (Å²) in [6.45, 7) is 3.12. The van der Waals surface area contributed by atoms with E-state index in [4.69, 9.17) is 0 Å². The minimum absolute atomic E-state index is 0.445. The highest BCUT2D eigenvalue weighted by Gasteiger charge is 2.37. The molecule has 2 atom stereocenters. The highest BCUT2D eigenvalue weighted by molar-refractivity contribution is 7.17. The summed E-state index contributed by atoms with van der Waals surface area (Å²) in [5, 5.41) is 10.3. The first-order valence-corrected chi connectivity index (χ1v) is 8.52. The summed E-state index contributed by atoms with van der Waals surface area (Å²) in [4.78, 5) is 18.9. The Labute approximate surface area is 123 Å². The van der Waals surface area contributed by atoms with E-state index in [1.165, 1.54) is 43.4 Å².